The van der Waals surface area contributed by atoms with E-state index in [1.54, 1.807) is 30.5 Å². The maximum absolute atomic E-state index is 13.4. The van der Waals surface area contributed by atoms with E-state index >= 15 is 0 Å². The molecule has 4 rings (SSSR count). The molecule has 2 fully saturated rings. The number of carbonyl (C=O) groups excluding carboxylic acids is 2. The fraction of sp³-hybridized carbons (Fsp3) is 0.520. The number of amides is 1. The first kappa shape index (κ1) is 23.3. The van der Waals surface area contributed by atoms with Crippen molar-refractivity contribution in [3.05, 3.63) is 54.2 Å². The minimum absolute atomic E-state index is 0.144. The van der Waals surface area contributed by atoms with Crippen molar-refractivity contribution in [3.8, 4) is 0 Å². The highest BCUT2D eigenvalue weighted by Gasteiger charge is 2.49. The molecule has 3 atom stereocenters. The van der Waals surface area contributed by atoms with Gasteiger partial charge in [-0.2, -0.15) is 5.10 Å². The Hall–Kier alpha value is -2.84. The summed E-state index contributed by atoms with van der Waals surface area (Å²) in [4.78, 5) is 26.0. The molecular weight excluding hydrogens is 420 g/mol. The van der Waals surface area contributed by atoms with Crippen LogP contribution in [0.4, 0.5) is 5.82 Å². The highest BCUT2D eigenvalue weighted by Crippen LogP contribution is 2.42. The molecule has 8 nitrogen and oxygen atoms in total. The second-order valence-corrected chi connectivity index (χ2v) is 9.62. The number of hydrogen-bond acceptors (Lipinski definition) is 6. The predicted molar refractivity (Wildman–Crippen MR) is 123 cm³/mol. The van der Waals surface area contributed by atoms with Gasteiger partial charge in [0.25, 0.3) is 5.91 Å². The summed E-state index contributed by atoms with van der Waals surface area (Å²) in [6, 6.07) is 12.6. The lowest BCUT2D eigenvalue weighted by Crippen LogP contribution is -2.57. The highest BCUT2D eigenvalue weighted by molar-refractivity contribution is 5.90. The molecular formula is C25H33N4O4+. The van der Waals surface area contributed by atoms with Gasteiger partial charge in [-0.25, -0.2) is 4.79 Å². The first-order valence-electron chi connectivity index (χ1n) is 11.8. The lowest BCUT2D eigenvalue weighted by molar-refractivity contribution is -0.909. The SMILES string of the molecule is C[N+]1(CC(=O)Nc2cccnn2)CCCC(OC(=O)C(O)(c2ccccc2)C2CCCC2)C1. The van der Waals surface area contributed by atoms with Gasteiger partial charge in [0.05, 0.1) is 13.6 Å². The average molecular weight is 454 g/mol. The molecule has 2 aliphatic rings. The second kappa shape index (κ2) is 9.97. The van der Waals surface area contributed by atoms with Gasteiger partial charge in [0, 0.05) is 18.5 Å². The maximum Gasteiger partial charge on any atom is 0.343 e. The van der Waals surface area contributed by atoms with Crippen LogP contribution in [0.3, 0.4) is 0 Å². The van der Waals surface area contributed by atoms with Gasteiger partial charge in [-0.15, -0.1) is 5.10 Å². The van der Waals surface area contributed by atoms with Crippen LogP contribution in [0.15, 0.2) is 48.7 Å². The first-order chi connectivity index (χ1) is 15.9. The summed E-state index contributed by atoms with van der Waals surface area (Å²) in [5.74, 6) is -0.451. The zero-order valence-corrected chi connectivity index (χ0v) is 19.2. The third kappa shape index (κ3) is 5.39. The fourth-order valence-electron chi connectivity index (χ4n) is 5.31. The number of piperidine rings is 1. The Morgan fingerprint density at radius 3 is 2.58 bits per heavy atom. The van der Waals surface area contributed by atoms with Crippen LogP contribution >= 0.6 is 0 Å². The van der Waals surface area contributed by atoms with E-state index in [1.165, 1.54) is 0 Å². The van der Waals surface area contributed by atoms with Crippen molar-refractivity contribution in [2.75, 3.05) is 32.0 Å². The van der Waals surface area contributed by atoms with Crippen LogP contribution in [0.5, 0.6) is 0 Å². The Balaban J connectivity index is 1.43. The number of nitrogens with zero attached hydrogens (tertiary/aromatic N) is 3. The van der Waals surface area contributed by atoms with Crippen LogP contribution in [-0.2, 0) is 19.9 Å². The molecule has 1 saturated heterocycles. The Labute approximate surface area is 194 Å². The predicted octanol–water partition coefficient (Wildman–Crippen LogP) is 2.65. The molecule has 1 aromatic heterocycles. The van der Waals surface area contributed by atoms with Crippen LogP contribution in [0.1, 0.15) is 44.1 Å². The number of aliphatic hydroxyl groups is 1. The standard InChI is InChI=1S/C25H32N4O4/c1-29(18-23(30)27-22-14-7-15-26-28-22)16-8-13-21(17-29)33-24(31)25(32,20-11-5-6-12-20)19-9-3-2-4-10-19/h2-4,7,9-10,14-15,20-21,32H,5-6,8,11-13,16-18H2,1H3/p+1. The summed E-state index contributed by atoms with van der Waals surface area (Å²) in [5.41, 5.74) is -1.04. The molecule has 1 aromatic carbocycles. The minimum atomic E-state index is -1.64. The van der Waals surface area contributed by atoms with Gasteiger partial charge >= 0.3 is 5.97 Å². The van der Waals surface area contributed by atoms with E-state index < -0.39 is 11.6 Å². The number of hydrogen-bond donors (Lipinski definition) is 2. The first-order valence-corrected chi connectivity index (χ1v) is 11.8. The van der Waals surface area contributed by atoms with Crippen LogP contribution < -0.4 is 5.32 Å². The quantitative estimate of drug-likeness (QED) is 0.494. The summed E-state index contributed by atoms with van der Waals surface area (Å²) in [5, 5.41) is 22.1. The van der Waals surface area contributed by atoms with E-state index in [4.69, 9.17) is 4.74 Å². The van der Waals surface area contributed by atoms with Crippen molar-refractivity contribution in [2.24, 2.45) is 5.92 Å². The number of carbonyl (C=O) groups is 2. The molecule has 1 amide bonds. The van der Waals surface area contributed by atoms with Gasteiger partial charge in [-0.1, -0.05) is 43.2 Å². The van der Waals surface area contributed by atoms with Crippen LogP contribution in [0.2, 0.25) is 0 Å². The molecule has 0 bridgehead atoms. The number of esters is 1. The molecule has 1 aliphatic carbocycles. The Morgan fingerprint density at radius 1 is 1.12 bits per heavy atom. The zero-order chi connectivity index (χ0) is 23.3. The molecule has 1 saturated carbocycles. The van der Waals surface area contributed by atoms with Gasteiger partial charge in [0.2, 0.25) is 0 Å². The number of aromatic nitrogens is 2. The second-order valence-electron chi connectivity index (χ2n) is 9.62. The molecule has 1 aliphatic heterocycles. The lowest BCUT2D eigenvalue weighted by atomic mass is 9.80. The summed E-state index contributed by atoms with van der Waals surface area (Å²) >= 11 is 0. The van der Waals surface area contributed by atoms with E-state index in [-0.39, 0.29) is 24.5 Å². The van der Waals surface area contributed by atoms with Gasteiger partial charge < -0.3 is 19.6 Å². The monoisotopic (exact) mass is 453 g/mol. The summed E-state index contributed by atoms with van der Waals surface area (Å²) < 4.78 is 6.42. The molecule has 2 aromatic rings. The smallest absolute Gasteiger partial charge is 0.343 e. The number of quaternary nitrogens is 1. The number of benzene rings is 1. The Kier molecular flexibility index (Phi) is 7.05. The van der Waals surface area contributed by atoms with E-state index in [2.05, 4.69) is 15.5 Å². The Morgan fingerprint density at radius 2 is 1.88 bits per heavy atom. The number of rotatable bonds is 7. The lowest BCUT2D eigenvalue weighted by Gasteiger charge is -2.41. The molecule has 8 heteroatoms. The molecule has 3 unspecified atom stereocenters. The molecule has 2 heterocycles. The van der Waals surface area contributed by atoms with E-state index in [0.29, 0.717) is 22.4 Å². The van der Waals surface area contributed by atoms with Crippen molar-refractivity contribution < 1.29 is 23.9 Å². The summed E-state index contributed by atoms with van der Waals surface area (Å²) in [6.45, 7) is 1.58. The van der Waals surface area contributed by atoms with Crippen molar-refractivity contribution in [1.82, 2.24) is 10.2 Å². The normalized spacial score (nSPS) is 25.2. The maximum atomic E-state index is 13.4. The molecule has 176 valence electrons. The van der Waals surface area contributed by atoms with E-state index in [0.717, 1.165) is 45.1 Å². The van der Waals surface area contributed by atoms with Gasteiger partial charge in [-0.05, 0) is 37.0 Å². The highest BCUT2D eigenvalue weighted by atomic mass is 16.6. The summed E-state index contributed by atoms with van der Waals surface area (Å²) in [6.07, 6.45) is 6.38. The number of ether oxygens (including phenoxy) is 1. The van der Waals surface area contributed by atoms with Gasteiger partial charge in [0.1, 0.15) is 6.54 Å². The van der Waals surface area contributed by atoms with Crippen LogP contribution in [-0.4, -0.2) is 64.4 Å². The minimum Gasteiger partial charge on any atom is -0.454 e. The van der Waals surface area contributed by atoms with Crippen molar-refractivity contribution in [1.29, 1.82) is 0 Å². The molecule has 33 heavy (non-hydrogen) atoms. The third-order valence-corrected chi connectivity index (χ3v) is 6.98. The topological polar surface area (TPSA) is 101 Å². The van der Waals surface area contributed by atoms with Gasteiger partial charge in [-0.3, -0.25) is 4.79 Å². The van der Waals surface area contributed by atoms with Crippen LogP contribution in [0, 0.1) is 5.92 Å². The van der Waals surface area contributed by atoms with E-state index in [9.17, 15) is 14.7 Å². The van der Waals surface area contributed by atoms with Gasteiger partial charge in [0.15, 0.2) is 24.1 Å². The summed E-state index contributed by atoms with van der Waals surface area (Å²) in [7, 11) is 2.00. The molecule has 0 radical (unpaired) electrons. The van der Waals surface area contributed by atoms with Crippen molar-refractivity contribution in [2.45, 2.75) is 50.2 Å². The number of likely N-dealkylation sites (tertiary alicyclic amines) is 1. The average Bonchev–Trinajstić information content (AvgIpc) is 3.35. The molecule has 2 N–H and O–H groups in total. The fourth-order valence-corrected chi connectivity index (χ4v) is 5.31. The number of anilines is 1. The van der Waals surface area contributed by atoms with Crippen molar-refractivity contribution >= 4 is 17.7 Å². The van der Waals surface area contributed by atoms with Crippen LogP contribution in [0.25, 0.3) is 0 Å². The largest absolute Gasteiger partial charge is 0.454 e. The number of likely N-dealkylation sites (N-methyl/N-ethyl adjacent to an activating group) is 1. The Bertz CT molecular complexity index is 951. The van der Waals surface area contributed by atoms with Crippen molar-refractivity contribution in [3.63, 3.8) is 0 Å². The third-order valence-electron chi connectivity index (χ3n) is 6.98. The zero-order valence-electron chi connectivity index (χ0n) is 19.2. The molecule has 0 spiro atoms. The van der Waals surface area contributed by atoms with E-state index in [1.807, 2.05) is 25.2 Å². The number of nitrogens with one attached hydrogen (secondary N) is 1.